The van der Waals surface area contributed by atoms with E-state index < -0.39 is 17.6 Å². The summed E-state index contributed by atoms with van der Waals surface area (Å²) in [5, 5.41) is 18.3. The molecule has 0 aliphatic carbocycles. The van der Waals surface area contributed by atoms with Gasteiger partial charge in [0.15, 0.2) is 0 Å². The smallest absolute Gasteiger partial charge is 0.414 e. The Morgan fingerprint density at radius 1 is 0.956 bits per heavy atom. The maximum Gasteiger partial charge on any atom is 0.414 e. The van der Waals surface area contributed by atoms with Gasteiger partial charge in [-0.15, -0.1) is 0 Å². The number of carboxylic acids is 2. The second-order valence-corrected chi connectivity index (χ2v) is 11.6. The number of fused-ring (bicyclic) bond motifs is 2. The zero-order valence-corrected chi connectivity index (χ0v) is 25.1. The molecule has 236 valence electrons. The van der Waals surface area contributed by atoms with Crippen LogP contribution in [0.3, 0.4) is 0 Å². The standard InChI is InChI=1S/C31H34FN5O2.C2H2O4/c1-31(2)34-26-8-4-3-7-25(26)29(38)37(31)20-19-35-17-15-24(16-18-35)39-30-33-27-9-5-6-10-28(27)36(30)21-22-11-13-23(32)14-12-22;3-1(4)2(5)6/h3-14,24,34H,15-21H2,1-2H3;(H,3,4)(H,5,6). The van der Waals surface area contributed by atoms with E-state index in [1.54, 1.807) is 12.1 Å². The molecule has 0 saturated carbocycles. The van der Waals surface area contributed by atoms with E-state index in [-0.39, 0.29) is 17.8 Å². The molecular formula is C33H36FN5O6. The molecule has 1 saturated heterocycles. The highest BCUT2D eigenvalue weighted by Gasteiger charge is 2.37. The number of para-hydroxylation sites is 3. The number of carboxylic acid groups (broad SMARTS) is 2. The number of anilines is 1. The average Bonchev–Trinajstić information content (AvgIpc) is 3.35. The first-order chi connectivity index (χ1) is 21.5. The molecule has 1 amide bonds. The third kappa shape index (κ3) is 7.40. The molecule has 1 fully saturated rings. The average molecular weight is 618 g/mol. The van der Waals surface area contributed by atoms with Gasteiger partial charge in [-0.25, -0.2) is 14.0 Å². The molecule has 0 bridgehead atoms. The Morgan fingerprint density at radius 3 is 2.29 bits per heavy atom. The summed E-state index contributed by atoms with van der Waals surface area (Å²) in [6, 6.07) is 22.9. The molecule has 6 rings (SSSR count). The van der Waals surface area contributed by atoms with Crippen molar-refractivity contribution in [3.63, 3.8) is 0 Å². The molecule has 3 heterocycles. The van der Waals surface area contributed by atoms with Gasteiger partial charge in [0, 0.05) is 31.9 Å². The second kappa shape index (κ2) is 13.3. The van der Waals surface area contributed by atoms with E-state index >= 15 is 0 Å². The Hall–Kier alpha value is -4.97. The van der Waals surface area contributed by atoms with Gasteiger partial charge in [-0.05, 0) is 68.7 Å². The van der Waals surface area contributed by atoms with E-state index in [4.69, 9.17) is 29.5 Å². The van der Waals surface area contributed by atoms with Gasteiger partial charge in [0.1, 0.15) is 17.6 Å². The Labute approximate surface area is 259 Å². The molecule has 11 nitrogen and oxygen atoms in total. The first kappa shape index (κ1) is 31.5. The summed E-state index contributed by atoms with van der Waals surface area (Å²) in [7, 11) is 0. The molecule has 0 spiro atoms. The lowest BCUT2D eigenvalue weighted by Gasteiger charge is -2.45. The summed E-state index contributed by atoms with van der Waals surface area (Å²) >= 11 is 0. The van der Waals surface area contributed by atoms with Crippen molar-refractivity contribution in [1.82, 2.24) is 19.4 Å². The highest BCUT2D eigenvalue weighted by atomic mass is 19.1. The van der Waals surface area contributed by atoms with Gasteiger partial charge < -0.3 is 30.1 Å². The summed E-state index contributed by atoms with van der Waals surface area (Å²) < 4.78 is 22.0. The summed E-state index contributed by atoms with van der Waals surface area (Å²) in [5.74, 6) is -3.82. The van der Waals surface area contributed by atoms with Crippen LogP contribution in [0.15, 0.2) is 72.8 Å². The number of aliphatic carboxylic acids is 2. The van der Waals surface area contributed by atoms with Crippen LogP contribution in [-0.4, -0.2) is 85.4 Å². The fourth-order valence-electron chi connectivity index (χ4n) is 5.67. The van der Waals surface area contributed by atoms with Crippen LogP contribution in [0.5, 0.6) is 6.01 Å². The highest BCUT2D eigenvalue weighted by molar-refractivity contribution is 6.27. The summed E-state index contributed by atoms with van der Waals surface area (Å²) in [6.45, 7) is 7.94. The van der Waals surface area contributed by atoms with E-state index in [1.807, 2.05) is 53.4 Å². The molecule has 2 aliphatic rings. The summed E-state index contributed by atoms with van der Waals surface area (Å²) in [5.41, 5.74) is 4.05. The monoisotopic (exact) mass is 617 g/mol. The predicted molar refractivity (Wildman–Crippen MR) is 166 cm³/mol. The molecule has 45 heavy (non-hydrogen) atoms. The first-order valence-electron chi connectivity index (χ1n) is 14.8. The quantitative estimate of drug-likeness (QED) is 0.256. The van der Waals surface area contributed by atoms with E-state index in [9.17, 15) is 9.18 Å². The molecular weight excluding hydrogens is 581 g/mol. The number of halogens is 1. The molecule has 3 aromatic carbocycles. The number of hydrogen-bond donors (Lipinski definition) is 3. The number of benzene rings is 3. The van der Waals surface area contributed by atoms with E-state index in [2.05, 4.69) is 28.6 Å². The normalized spacial score (nSPS) is 16.3. The zero-order chi connectivity index (χ0) is 32.1. The van der Waals surface area contributed by atoms with Crippen molar-refractivity contribution in [2.45, 2.75) is 45.0 Å². The summed E-state index contributed by atoms with van der Waals surface area (Å²) in [4.78, 5) is 40.6. The Kier molecular flexibility index (Phi) is 9.33. The van der Waals surface area contributed by atoms with Crippen LogP contribution in [0, 0.1) is 5.82 Å². The van der Waals surface area contributed by atoms with Crippen molar-refractivity contribution in [1.29, 1.82) is 0 Å². The SMILES string of the molecule is CC1(C)Nc2ccccc2C(=O)N1CCN1CCC(Oc2nc3ccccc3n2Cc2ccc(F)cc2)CC1.O=C(O)C(=O)O. The van der Waals surface area contributed by atoms with Gasteiger partial charge in [-0.1, -0.05) is 36.4 Å². The number of carbonyl (C=O) groups excluding carboxylic acids is 1. The van der Waals surface area contributed by atoms with Crippen LogP contribution in [0.4, 0.5) is 10.1 Å². The molecule has 4 aromatic rings. The van der Waals surface area contributed by atoms with Gasteiger partial charge in [0.05, 0.1) is 23.1 Å². The minimum absolute atomic E-state index is 0.0617. The predicted octanol–water partition coefficient (Wildman–Crippen LogP) is 4.53. The van der Waals surface area contributed by atoms with E-state index in [0.717, 1.165) is 60.3 Å². The van der Waals surface area contributed by atoms with Crippen LogP contribution in [0.2, 0.25) is 0 Å². The highest BCUT2D eigenvalue weighted by Crippen LogP contribution is 2.31. The second-order valence-electron chi connectivity index (χ2n) is 11.6. The van der Waals surface area contributed by atoms with Gasteiger partial charge in [-0.3, -0.25) is 9.36 Å². The van der Waals surface area contributed by atoms with Crippen LogP contribution in [0.1, 0.15) is 42.6 Å². The minimum Gasteiger partial charge on any atom is -0.473 e. The minimum atomic E-state index is -1.82. The molecule has 3 N–H and O–H groups in total. The molecule has 1 aromatic heterocycles. The van der Waals surface area contributed by atoms with Gasteiger partial charge in [0.2, 0.25) is 0 Å². The molecule has 12 heteroatoms. The van der Waals surface area contributed by atoms with Crippen molar-refractivity contribution in [3.8, 4) is 6.01 Å². The lowest BCUT2D eigenvalue weighted by Crippen LogP contribution is -2.58. The summed E-state index contributed by atoms with van der Waals surface area (Å²) in [6.07, 6.45) is 1.84. The van der Waals surface area contributed by atoms with Crippen molar-refractivity contribution >= 4 is 34.6 Å². The van der Waals surface area contributed by atoms with Gasteiger partial charge in [-0.2, -0.15) is 4.98 Å². The number of imidazole rings is 1. The number of likely N-dealkylation sites (tertiary alicyclic amines) is 1. The Bertz CT molecular complexity index is 1670. The zero-order valence-electron chi connectivity index (χ0n) is 25.1. The molecule has 0 unspecified atom stereocenters. The third-order valence-corrected chi connectivity index (χ3v) is 8.02. The number of nitrogens with zero attached hydrogens (tertiary/aromatic N) is 4. The third-order valence-electron chi connectivity index (χ3n) is 8.02. The fourth-order valence-corrected chi connectivity index (χ4v) is 5.67. The fraction of sp³-hybridized carbons (Fsp3) is 0.333. The van der Waals surface area contributed by atoms with Gasteiger partial charge in [0.25, 0.3) is 11.9 Å². The van der Waals surface area contributed by atoms with Crippen molar-refractivity contribution in [2.24, 2.45) is 0 Å². The lowest BCUT2D eigenvalue weighted by molar-refractivity contribution is -0.159. The number of amides is 1. The van der Waals surface area contributed by atoms with Crippen molar-refractivity contribution in [3.05, 3.63) is 89.7 Å². The van der Waals surface area contributed by atoms with Crippen LogP contribution >= 0.6 is 0 Å². The number of hydrogen-bond acceptors (Lipinski definition) is 7. The Balaban J connectivity index is 0.000000609. The maximum absolute atomic E-state index is 13.4. The number of carbonyl (C=O) groups is 3. The molecule has 0 radical (unpaired) electrons. The van der Waals surface area contributed by atoms with Crippen LogP contribution < -0.4 is 10.1 Å². The van der Waals surface area contributed by atoms with Gasteiger partial charge >= 0.3 is 11.9 Å². The maximum atomic E-state index is 13.4. The van der Waals surface area contributed by atoms with Crippen LogP contribution in [-0.2, 0) is 16.1 Å². The van der Waals surface area contributed by atoms with E-state index in [0.29, 0.717) is 19.1 Å². The number of nitrogens with one attached hydrogen (secondary N) is 1. The Morgan fingerprint density at radius 2 is 1.60 bits per heavy atom. The van der Waals surface area contributed by atoms with Crippen LogP contribution in [0.25, 0.3) is 11.0 Å². The lowest BCUT2D eigenvalue weighted by atomic mass is 10.0. The van der Waals surface area contributed by atoms with E-state index in [1.165, 1.54) is 12.1 Å². The largest absolute Gasteiger partial charge is 0.473 e. The van der Waals surface area contributed by atoms with Crippen molar-refractivity contribution < 1.29 is 33.7 Å². The topological polar surface area (TPSA) is 137 Å². The molecule has 0 atom stereocenters. The number of aromatic nitrogens is 2. The number of rotatable bonds is 7. The first-order valence-corrected chi connectivity index (χ1v) is 14.8. The molecule has 2 aliphatic heterocycles. The number of piperidine rings is 1. The number of ether oxygens (including phenoxy) is 1. The van der Waals surface area contributed by atoms with Crippen molar-refractivity contribution in [2.75, 3.05) is 31.5 Å².